The summed E-state index contributed by atoms with van der Waals surface area (Å²) in [5.74, 6) is -0.586. The number of ether oxygens (including phenoxy) is 1. The van der Waals surface area contributed by atoms with Crippen molar-refractivity contribution in [3.63, 3.8) is 0 Å². The fourth-order valence-corrected chi connectivity index (χ4v) is 8.10. The van der Waals surface area contributed by atoms with Gasteiger partial charge in [0.25, 0.3) is 0 Å². The Hall–Kier alpha value is -3.74. The van der Waals surface area contributed by atoms with Gasteiger partial charge in [-0.2, -0.15) is 0 Å². The van der Waals surface area contributed by atoms with Crippen LogP contribution in [0.5, 0.6) is 0 Å². The maximum absolute atomic E-state index is 13.3. The van der Waals surface area contributed by atoms with E-state index in [2.05, 4.69) is 92.9 Å². The summed E-state index contributed by atoms with van der Waals surface area (Å²) in [5, 5.41) is 23.9. The monoisotopic (exact) mass is 970 g/mol. The molecular formula is C64H107NO5. The first kappa shape index (κ1) is 66.3. The Kier molecular flexibility index (Phi) is 53.2. The molecule has 6 nitrogen and oxygen atoms in total. The number of unbranched alkanes of at least 4 members (excludes halogenated alkanes) is 23. The molecule has 0 spiro atoms. The number of aliphatic hydroxyl groups is 2. The van der Waals surface area contributed by atoms with E-state index in [4.69, 9.17) is 4.74 Å². The molecule has 3 unspecified atom stereocenters. The maximum atomic E-state index is 13.3. The topological polar surface area (TPSA) is 95.9 Å². The summed E-state index contributed by atoms with van der Waals surface area (Å²) in [6, 6.07) is -0.739. The van der Waals surface area contributed by atoms with Gasteiger partial charge < -0.3 is 20.3 Å². The first-order valence-electron chi connectivity index (χ1n) is 28.8. The molecule has 398 valence electrons. The highest BCUT2D eigenvalue weighted by molar-refractivity contribution is 5.77. The minimum atomic E-state index is -0.820. The third-order valence-electron chi connectivity index (χ3n) is 12.4. The van der Waals surface area contributed by atoms with E-state index in [0.717, 1.165) is 83.5 Å². The van der Waals surface area contributed by atoms with E-state index in [-0.39, 0.29) is 24.9 Å². The van der Waals surface area contributed by atoms with Crippen LogP contribution >= 0.6 is 0 Å². The number of carbonyl (C=O) groups excluding carboxylic acids is 2. The number of rotatable bonds is 50. The zero-order chi connectivity index (χ0) is 50.9. The van der Waals surface area contributed by atoms with Crippen LogP contribution in [0.15, 0.2) is 122 Å². The van der Waals surface area contributed by atoms with Crippen LogP contribution in [0, 0.1) is 0 Å². The van der Waals surface area contributed by atoms with Gasteiger partial charge in [-0.3, -0.25) is 9.59 Å². The van der Waals surface area contributed by atoms with Gasteiger partial charge in [0.05, 0.1) is 25.2 Å². The van der Waals surface area contributed by atoms with Gasteiger partial charge in [0, 0.05) is 6.42 Å². The van der Waals surface area contributed by atoms with Gasteiger partial charge in [0.1, 0.15) is 6.10 Å². The number of carbonyl (C=O) groups is 2. The quantitative estimate of drug-likeness (QED) is 0.0244. The first-order valence-corrected chi connectivity index (χ1v) is 28.8. The summed E-state index contributed by atoms with van der Waals surface area (Å²) in [7, 11) is 0. The van der Waals surface area contributed by atoms with Crippen LogP contribution in [0.3, 0.4) is 0 Å². The summed E-state index contributed by atoms with van der Waals surface area (Å²) in [6.07, 6.45) is 78.3. The van der Waals surface area contributed by atoms with E-state index in [1.807, 2.05) is 54.7 Å². The SMILES string of the molecule is CC\C=C/C=C/C=C/C=C\C=C\C=C\CCCCCC(=O)OC(CCC/C=C\C/C=C\C/C=C\C/C=C\CCCCC)CC(=O)NC(CO)C(O)CCCCCCCCCCCCCCCCCCC. The molecule has 0 heterocycles. The predicted octanol–water partition coefficient (Wildman–Crippen LogP) is 18.0. The highest BCUT2D eigenvalue weighted by Gasteiger charge is 2.24. The smallest absolute Gasteiger partial charge is 0.306 e. The van der Waals surface area contributed by atoms with E-state index in [9.17, 15) is 19.8 Å². The molecule has 3 atom stereocenters. The Bertz CT molecular complexity index is 1460. The minimum Gasteiger partial charge on any atom is -0.462 e. The van der Waals surface area contributed by atoms with Crippen LogP contribution in [-0.4, -0.2) is 46.9 Å². The largest absolute Gasteiger partial charge is 0.462 e. The third kappa shape index (κ3) is 50.6. The third-order valence-corrected chi connectivity index (χ3v) is 12.4. The van der Waals surface area contributed by atoms with Crippen LogP contribution in [0.25, 0.3) is 0 Å². The number of hydrogen-bond donors (Lipinski definition) is 3. The molecule has 3 N–H and O–H groups in total. The summed E-state index contributed by atoms with van der Waals surface area (Å²) in [6.45, 7) is 6.30. The van der Waals surface area contributed by atoms with Gasteiger partial charge in [-0.05, 0) is 83.5 Å². The summed E-state index contributed by atoms with van der Waals surface area (Å²) >= 11 is 0. The minimum absolute atomic E-state index is 0.0141. The van der Waals surface area contributed by atoms with Crippen molar-refractivity contribution >= 4 is 11.9 Å². The lowest BCUT2D eigenvalue weighted by Gasteiger charge is -2.24. The fourth-order valence-electron chi connectivity index (χ4n) is 8.10. The molecule has 0 rings (SSSR count). The molecule has 6 heteroatoms. The molecule has 0 aromatic carbocycles. The Labute approximate surface area is 431 Å². The lowest BCUT2D eigenvalue weighted by atomic mass is 10.0. The lowest BCUT2D eigenvalue weighted by molar-refractivity contribution is -0.151. The fraction of sp³-hybridized carbons (Fsp3) is 0.656. The first-order chi connectivity index (χ1) is 34.5. The van der Waals surface area contributed by atoms with E-state index >= 15 is 0 Å². The number of esters is 1. The molecule has 0 fully saturated rings. The van der Waals surface area contributed by atoms with Gasteiger partial charge in [0.2, 0.25) is 5.91 Å². The summed E-state index contributed by atoms with van der Waals surface area (Å²) in [5.41, 5.74) is 0. The average Bonchev–Trinajstić information content (AvgIpc) is 3.35. The van der Waals surface area contributed by atoms with Crippen LogP contribution < -0.4 is 5.32 Å². The second kappa shape index (κ2) is 56.2. The highest BCUT2D eigenvalue weighted by atomic mass is 16.5. The molecule has 0 aliphatic heterocycles. The standard InChI is InChI=1S/C64H107NO5/c1-4-7-10-13-16-19-22-25-28-31-34-37-40-43-46-49-52-55-60(70-64(69)57-54-51-48-45-42-39-36-33-30-27-24-21-18-15-12-9-6-3)58-63(68)65-61(59-66)62(67)56-53-50-47-44-41-38-35-32-29-26-23-20-17-14-11-8-5-2/h9,12,15-16,18-19,21,24-25,27-28,30,33-34,36-37,39,42-43,46,60-62,66-67H,4-8,10-11,13-14,17,20,22-23,26,29,31-32,35,38,40-41,44-45,47-59H2,1-3H3,(H,65,68)/b12-9-,18-15+,19-16-,24-21+,28-25-,30-27-,36-33+,37-34-,42-39+,46-43-. The van der Waals surface area contributed by atoms with Gasteiger partial charge in [-0.25, -0.2) is 0 Å². The van der Waals surface area contributed by atoms with Gasteiger partial charge in [-0.15, -0.1) is 0 Å². The van der Waals surface area contributed by atoms with Crippen molar-refractivity contribution in [3.05, 3.63) is 122 Å². The van der Waals surface area contributed by atoms with Gasteiger partial charge >= 0.3 is 5.97 Å². The Morgan fingerprint density at radius 3 is 1.34 bits per heavy atom. The average molecular weight is 971 g/mol. The summed E-state index contributed by atoms with van der Waals surface area (Å²) < 4.78 is 5.91. The van der Waals surface area contributed by atoms with E-state index in [1.165, 1.54) is 116 Å². The van der Waals surface area contributed by atoms with Gasteiger partial charge in [0.15, 0.2) is 0 Å². The van der Waals surface area contributed by atoms with Crippen molar-refractivity contribution in [2.75, 3.05) is 6.61 Å². The van der Waals surface area contributed by atoms with Crippen molar-refractivity contribution in [2.45, 2.75) is 264 Å². The second-order valence-corrected chi connectivity index (χ2v) is 19.1. The van der Waals surface area contributed by atoms with E-state index in [1.54, 1.807) is 0 Å². The van der Waals surface area contributed by atoms with Crippen LogP contribution in [0.1, 0.15) is 245 Å². The number of amides is 1. The molecule has 0 saturated heterocycles. The van der Waals surface area contributed by atoms with Crippen LogP contribution in [0.2, 0.25) is 0 Å². The van der Waals surface area contributed by atoms with Crippen molar-refractivity contribution in [2.24, 2.45) is 0 Å². The molecule has 1 amide bonds. The number of allylic oxidation sites excluding steroid dienone is 20. The zero-order valence-corrected chi connectivity index (χ0v) is 45.4. The van der Waals surface area contributed by atoms with Crippen LogP contribution in [0.4, 0.5) is 0 Å². The lowest BCUT2D eigenvalue weighted by Crippen LogP contribution is -2.46. The predicted molar refractivity (Wildman–Crippen MR) is 305 cm³/mol. The van der Waals surface area contributed by atoms with E-state index < -0.39 is 18.2 Å². The van der Waals surface area contributed by atoms with E-state index in [0.29, 0.717) is 19.3 Å². The van der Waals surface area contributed by atoms with Crippen molar-refractivity contribution in [1.29, 1.82) is 0 Å². The number of aliphatic hydroxyl groups excluding tert-OH is 2. The molecular weight excluding hydrogens is 863 g/mol. The maximum Gasteiger partial charge on any atom is 0.306 e. The molecule has 0 aliphatic rings. The van der Waals surface area contributed by atoms with Crippen molar-refractivity contribution < 1.29 is 24.5 Å². The van der Waals surface area contributed by atoms with Crippen molar-refractivity contribution in [3.8, 4) is 0 Å². The van der Waals surface area contributed by atoms with Gasteiger partial charge in [-0.1, -0.05) is 271 Å². The Morgan fingerprint density at radius 2 is 0.843 bits per heavy atom. The zero-order valence-electron chi connectivity index (χ0n) is 45.4. The number of nitrogens with one attached hydrogen (secondary N) is 1. The van der Waals surface area contributed by atoms with Crippen molar-refractivity contribution in [1.82, 2.24) is 5.32 Å². The number of hydrogen-bond acceptors (Lipinski definition) is 5. The second-order valence-electron chi connectivity index (χ2n) is 19.1. The molecule has 0 radical (unpaired) electrons. The molecule has 0 saturated carbocycles. The normalized spacial score (nSPS) is 14.1. The highest BCUT2D eigenvalue weighted by Crippen LogP contribution is 2.17. The Morgan fingerprint density at radius 1 is 0.443 bits per heavy atom. The summed E-state index contributed by atoms with van der Waals surface area (Å²) in [4.78, 5) is 26.3. The molecule has 0 aromatic rings. The molecule has 70 heavy (non-hydrogen) atoms. The molecule has 0 aromatic heterocycles. The van der Waals surface area contributed by atoms with Crippen LogP contribution in [-0.2, 0) is 14.3 Å². The molecule has 0 bridgehead atoms. The molecule has 0 aliphatic carbocycles. The Balaban J connectivity index is 4.75.